The number of aliphatic hydroxyl groups is 1. The van der Waals surface area contributed by atoms with Crippen LogP contribution in [-0.4, -0.2) is 55.7 Å². The van der Waals surface area contributed by atoms with Crippen LogP contribution in [0.5, 0.6) is 11.5 Å². The zero-order valence-corrected chi connectivity index (χ0v) is 24.8. The number of aromatic nitrogens is 2. The number of nitrogens with one attached hydrogen (secondary N) is 2. The second-order valence-corrected chi connectivity index (χ2v) is 11.9. The molecule has 0 bridgehead atoms. The van der Waals surface area contributed by atoms with Gasteiger partial charge in [-0.25, -0.2) is 9.49 Å². The summed E-state index contributed by atoms with van der Waals surface area (Å²) in [6.45, 7) is 10.2. The zero-order valence-electron chi connectivity index (χ0n) is 24.0. The van der Waals surface area contributed by atoms with Gasteiger partial charge in [0.1, 0.15) is 6.04 Å². The highest BCUT2D eigenvalue weighted by Crippen LogP contribution is 2.40. The number of aromatic amines is 1. The summed E-state index contributed by atoms with van der Waals surface area (Å²) in [4.78, 5) is 40.7. The fraction of sp³-hybridized carbons (Fsp3) is 0.467. The number of H-pyrrole nitrogens is 1. The molecule has 0 spiro atoms. The smallest absolute Gasteiger partial charge is 0.307 e. The summed E-state index contributed by atoms with van der Waals surface area (Å²) >= 11 is 6.31. The molecule has 2 aliphatic rings. The van der Waals surface area contributed by atoms with Gasteiger partial charge >= 0.3 is 5.56 Å². The molecule has 4 rings (SSSR count). The first kappa shape index (κ1) is 30.5. The minimum atomic E-state index is -1.17. The summed E-state index contributed by atoms with van der Waals surface area (Å²) in [5, 5.41) is 20.3. The number of allylic oxidation sites excluding steroid dienone is 3. The minimum Gasteiger partial charge on any atom is -0.448 e. The van der Waals surface area contributed by atoms with Gasteiger partial charge in [-0.05, 0) is 77.2 Å². The third-order valence-corrected chi connectivity index (χ3v) is 8.03. The molecule has 2 heterocycles. The van der Waals surface area contributed by atoms with E-state index in [9.17, 15) is 19.5 Å². The summed E-state index contributed by atoms with van der Waals surface area (Å²) < 4.78 is 20.6. The fourth-order valence-corrected chi connectivity index (χ4v) is 5.89. The number of aryl methyl sites for hydroxylation is 2. The van der Waals surface area contributed by atoms with Crippen LogP contribution in [0, 0.1) is 31.5 Å². The fourth-order valence-electron chi connectivity index (χ4n) is 5.68. The van der Waals surface area contributed by atoms with Gasteiger partial charge in [0.25, 0.3) is 5.91 Å². The second kappa shape index (κ2) is 11.8. The lowest BCUT2D eigenvalue weighted by molar-refractivity contribution is -0.142. The molecule has 0 radical (unpaired) electrons. The normalized spacial score (nSPS) is 23.2. The van der Waals surface area contributed by atoms with Gasteiger partial charge in [0.15, 0.2) is 17.3 Å². The molecule has 1 aliphatic carbocycles. The van der Waals surface area contributed by atoms with Crippen molar-refractivity contribution in [3.63, 3.8) is 0 Å². The molecule has 5 atom stereocenters. The van der Waals surface area contributed by atoms with Crippen molar-refractivity contribution in [3.05, 3.63) is 74.5 Å². The standard InChI is InChI=1S/C30H36ClFN4O5/c1-15-7-8-20(31)14-21(15)23-9-10-25(30(5,6)40)36(23)29(39)18(4)33-27(37)19-11-16(2)26(22(32)13-19)41-24-12-17(3)34-35-28(24)38/h7-8,11-15,18,21,23,25,40H,9-10H2,1-6H3,(H,33,37)(H,35,38)/t15?,18-,21?,23+,25-/m1/s1. The van der Waals surface area contributed by atoms with E-state index in [1.807, 2.05) is 18.2 Å². The van der Waals surface area contributed by atoms with Gasteiger partial charge in [-0.1, -0.05) is 30.7 Å². The summed E-state index contributed by atoms with van der Waals surface area (Å²) in [7, 11) is 0. The van der Waals surface area contributed by atoms with Crippen molar-refractivity contribution in [2.45, 2.75) is 78.1 Å². The van der Waals surface area contributed by atoms with E-state index < -0.39 is 35.0 Å². The SMILES string of the molecule is Cc1cc(Oc2c(C)cc(C(=O)N[C@H](C)C(=O)N3[C@H](C4C=C(Cl)C=CC4C)CC[C@@H]3C(C)(C)O)cc2F)c(=O)[nH]n1. The Morgan fingerprint density at radius 3 is 2.63 bits per heavy atom. The predicted molar refractivity (Wildman–Crippen MR) is 153 cm³/mol. The molecule has 41 heavy (non-hydrogen) atoms. The van der Waals surface area contributed by atoms with Crippen LogP contribution >= 0.6 is 11.6 Å². The Balaban J connectivity index is 1.54. The van der Waals surface area contributed by atoms with E-state index in [1.165, 1.54) is 12.1 Å². The first-order valence-electron chi connectivity index (χ1n) is 13.6. The monoisotopic (exact) mass is 586 g/mol. The van der Waals surface area contributed by atoms with Crippen LogP contribution in [0.2, 0.25) is 0 Å². The Bertz CT molecular complexity index is 1440. The van der Waals surface area contributed by atoms with Gasteiger partial charge in [-0.15, -0.1) is 0 Å². The van der Waals surface area contributed by atoms with Crippen molar-refractivity contribution in [3.8, 4) is 11.5 Å². The quantitative estimate of drug-likeness (QED) is 0.438. The summed E-state index contributed by atoms with van der Waals surface area (Å²) in [6, 6.07) is 2.17. The molecule has 2 unspecified atom stereocenters. The highest BCUT2D eigenvalue weighted by Gasteiger charge is 2.48. The highest BCUT2D eigenvalue weighted by atomic mass is 35.5. The number of carbonyl (C=O) groups is 2. The maximum absolute atomic E-state index is 15.1. The van der Waals surface area contributed by atoms with E-state index in [0.717, 1.165) is 6.07 Å². The maximum atomic E-state index is 15.1. The van der Waals surface area contributed by atoms with E-state index in [2.05, 4.69) is 22.4 Å². The van der Waals surface area contributed by atoms with Crippen LogP contribution in [-0.2, 0) is 4.79 Å². The van der Waals surface area contributed by atoms with E-state index in [1.54, 1.807) is 39.5 Å². The number of ether oxygens (including phenoxy) is 1. The predicted octanol–water partition coefficient (Wildman–Crippen LogP) is 4.51. The number of nitrogens with zero attached hydrogens (tertiary/aromatic N) is 2. The Labute approximate surface area is 243 Å². The number of likely N-dealkylation sites (tertiary alicyclic amines) is 1. The van der Waals surface area contributed by atoms with Crippen molar-refractivity contribution < 1.29 is 23.8 Å². The number of carbonyl (C=O) groups excluding carboxylic acids is 2. The van der Waals surface area contributed by atoms with Gasteiger partial charge in [0.2, 0.25) is 5.91 Å². The lowest BCUT2D eigenvalue weighted by Crippen LogP contribution is -2.57. The third kappa shape index (κ3) is 6.54. The summed E-state index contributed by atoms with van der Waals surface area (Å²) in [6.07, 6.45) is 7.08. The molecule has 1 aliphatic heterocycles. The number of hydrogen-bond acceptors (Lipinski definition) is 6. The van der Waals surface area contributed by atoms with Crippen molar-refractivity contribution >= 4 is 23.4 Å². The Hall–Kier alpha value is -3.50. The molecule has 1 fully saturated rings. The van der Waals surface area contributed by atoms with Gasteiger partial charge in [-0.2, -0.15) is 5.10 Å². The van der Waals surface area contributed by atoms with E-state index >= 15 is 4.39 Å². The van der Waals surface area contributed by atoms with Crippen LogP contribution in [0.1, 0.15) is 62.2 Å². The Morgan fingerprint density at radius 1 is 1.27 bits per heavy atom. The molecular formula is C30H36ClFN4O5. The maximum Gasteiger partial charge on any atom is 0.307 e. The Kier molecular flexibility index (Phi) is 8.75. The molecule has 11 heteroatoms. The lowest BCUT2D eigenvalue weighted by atomic mass is 9.83. The highest BCUT2D eigenvalue weighted by molar-refractivity contribution is 6.31. The Morgan fingerprint density at radius 2 is 1.98 bits per heavy atom. The van der Waals surface area contributed by atoms with Crippen molar-refractivity contribution in [2.75, 3.05) is 0 Å². The third-order valence-electron chi connectivity index (χ3n) is 7.78. The van der Waals surface area contributed by atoms with E-state index in [4.69, 9.17) is 16.3 Å². The number of hydrogen-bond donors (Lipinski definition) is 3. The van der Waals surface area contributed by atoms with Crippen LogP contribution in [0.4, 0.5) is 4.39 Å². The van der Waals surface area contributed by atoms with E-state index in [-0.39, 0.29) is 46.4 Å². The molecular weight excluding hydrogens is 551 g/mol. The summed E-state index contributed by atoms with van der Waals surface area (Å²) in [5.41, 5.74) is -1.03. The molecule has 1 aromatic carbocycles. The van der Waals surface area contributed by atoms with Crippen LogP contribution in [0.25, 0.3) is 0 Å². The van der Waals surface area contributed by atoms with Gasteiger partial charge in [-0.3, -0.25) is 14.4 Å². The average Bonchev–Trinajstić information content (AvgIpc) is 3.34. The van der Waals surface area contributed by atoms with Crippen molar-refractivity contribution in [2.24, 2.45) is 11.8 Å². The topological polar surface area (TPSA) is 125 Å². The molecule has 9 nitrogen and oxygen atoms in total. The zero-order chi connectivity index (χ0) is 30.2. The summed E-state index contributed by atoms with van der Waals surface area (Å²) in [5.74, 6) is -2.08. The lowest BCUT2D eigenvalue weighted by Gasteiger charge is -2.41. The van der Waals surface area contributed by atoms with Crippen LogP contribution in [0.3, 0.4) is 0 Å². The van der Waals surface area contributed by atoms with Crippen molar-refractivity contribution in [1.82, 2.24) is 20.4 Å². The first-order valence-corrected chi connectivity index (χ1v) is 14.0. The second-order valence-electron chi connectivity index (χ2n) is 11.5. The molecule has 0 saturated carbocycles. The van der Waals surface area contributed by atoms with Crippen LogP contribution in [0.15, 0.2) is 46.3 Å². The van der Waals surface area contributed by atoms with E-state index in [0.29, 0.717) is 23.6 Å². The molecule has 1 saturated heterocycles. The van der Waals surface area contributed by atoms with Gasteiger partial charge < -0.3 is 20.1 Å². The molecule has 2 aromatic rings. The molecule has 1 aromatic heterocycles. The van der Waals surface area contributed by atoms with Gasteiger partial charge in [0.05, 0.1) is 17.3 Å². The molecule has 3 N–H and O–H groups in total. The average molecular weight is 587 g/mol. The molecule has 2 amide bonds. The largest absolute Gasteiger partial charge is 0.448 e. The minimum absolute atomic E-state index is 0.00964. The van der Waals surface area contributed by atoms with Crippen LogP contribution < -0.4 is 15.6 Å². The number of halogens is 2. The molecule has 220 valence electrons. The van der Waals surface area contributed by atoms with Crippen molar-refractivity contribution in [1.29, 1.82) is 0 Å². The number of amides is 2. The number of benzene rings is 1. The first-order chi connectivity index (χ1) is 19.2. The van der Waals surface area contributed by atoms with Gasteiger partial charge in [0, 0.05) is 28.6 Å². The number of rotatable bonds is 7.